The number of nitrogens with one attached hydrogen (secondary N) is 1. The minimum Gasteiger partial charge on any atom is -0.494 e. The molecule has 244 valence electrons. The van der Waals surface area contributed by atoms with Crippen molar-refractivity contribution in [1.82, 2.24) is 10.2 Å². The zero-order valence-electron chi connectivity index (χ0n) is 26.0. The monoisotopic (exact) mass is 676 g/mol. The van der Waals surface area contributed by atoms with E-state index in [9.17, 15) is 22.8 Å². The fourth-order valence-electron chi connectivity index (χ4n) is 4.90. The third-order valence-electron chi connectivity index (χ3n) is 7.41. The minimum atomic E-state index is -4.18. The normalized spacial score (nSPS) is 15.3. The van der Waals surface area contributed by atoms with E-state index < -0.39 is 27.9 Å². The van der Waals surface area contributed by atoms with Crippen LogP contribution >= 0.6 is 12.2 Å². The van der Waals surface area contributed by atoms with Crippen molar-refractivity contribution < 1.29 is 36.7 Å². The maximum atomic E-state index is 14.0. The fourth-order valence-corrected chi connectivity index (χ4v) is 6.23. The first kappa shape index (κ1) is 33.2. The zero-order chi connectivity index (χ0) is 33.9. The Morgan fingerprint density at radius 2 is 1.72 bits per heavy atom. The predicted octanol–water partition coefficient (Wildman–Crippen LogP) is 2.79. The number of ether oxygens (including phenoxy) is 1. The summed E-state index contributed by atoms with van der Waals surface area (Å²) in [6.45, 7) is 5.44. The van der Waals surface area contributed by atoms with Gasteiger partial charge in [-0.05, 0) is 93.7 Å². The van der Waals surface area contributed by atoms with Gasteiger partial charge in [-0.3, -0.25) is 24.6 Å². The average molecular weight is 677 g/mol. The van der Waals surface area contributed by atoms with Gasteiger partial charge >= 0.3 is 0 Å². The van der Waals surface area contributed by atoms with Gasteiger partial charge in [0.25, 0.3) is 27.2 Å². The Labute approximate surface area is 276 Å². The molecule has 47 heavy (non-hydrogen) atoms. The summed E-state index contributed by atoms with van der Waals surface area (Å²) in [7, 11) is -2.65. The second kappa shape index (κ2) is 13.7. The van der Waals surface area contributed by atoms with Crippen LogP contribution in [0.4, 0.5) is 11.4 Å². The van der Waals surface area contributed by atoms with Gasteiger partial charge in [0.15, 0.2) is 10.9 Å². The highest BCUT2D eigenvalue weighted by molar-refractivity contribution is 7.90. The summed E-state index contributed by atoms with van der Waals surface area (Å²) in [6.07, 6.45) is -0.301. The van der Waals surface area contributed by atoms with E-state index in [0.717, 1.165) is 5.56 Å². The molecule has 1 aromatic heterocycles. The van der Waals surface area contributed by atoms with Crippen molar-refractivity contribution >= 4 is 56.3 Å². The number of ketones is 1. The Morgan fingerprint density at radius 3 is 2.34 bits per heavy atom. The van der Waals surface area contributed by atoms with Crippen molar-refractivity contribution in [2.75, 3.05) is 16.8 Å². The molecule has 1 N–H and O–H groups in total. The zero-order valence-corrected chi connectivity index (χ0v) is 27.7. The maximum absolute atomic E-state index is 14.0. The maximum Gasteiger partial charge on any atom is 0.289 e. The highest BCUT2D eigenvalue weighted by Gasteiger charge is 2.45. The molecule has 4 aromatic rings. The Bertz CT molecular complexity index is 2000. The van der Waals surface area contributed by atoms with Gasteiger partial charge in [0.1, 0.15) is 25.4 Å². The molecule has 1 aliphatic heterocycles. The number of sulfonamides is 1. The summed E-state index contributed by atoms with van der Waals surface area (Å²) in [6, 6.07) is 18.3. The summed E-state index contributed by atoms with van der Waals surface area (Å²) in [4.78, 5) is 41.7. The number of amides is 2. The molecule has 5 rings (SSSR count). The standard InChI is InChI=1S/C32H32N6O7S2/c1-5-44-25-14-12-24(13-15-25)38-31(41)27(18-29(40)33-23-10-8-22(9-11-23)21(3)39)37(32(38)46)19-28-30(45-35-36(28)4)34-47(42,43)26-16-6-20(2)7-17-26/h6-17,27H,5,18-19H2,1-4H3,(H,33,40)/b34-30-. The molecule has 0 bridgehead atoms. The summed E-state index contributed by atoms with van der Waals surface area (Å²) >= 11 is 5.79. The number of aryl methyl sites for hydroxylation is 2. The van der Waals surface area contributed by atoms with Crippen LogP contribution in [0.1, 0.15) is 41.9 Å². The van der Waals surface area contributed by atoms with Gasteiger partial charge in [0.2, 0.25) is 5.91 Å². The molecule has 1 fully saturated rings. The van der Waals surface area contributed by atoms with Crippen molar-refractivity contribution in [3.63, 3.8) is 0 Å². The van der Waals surface area contributed by atoms with Crippen molar-refractivity contribution in [2.45, 2.75) is 44.7 Å². The first-order chi connectivity index (χ1) is 22.4. The molecule has 13 nitrogen and oxygen atoms in total. The van der Waals surface area contributed by atoms with E-state index in [4.69, 9.17) is 21.5 Å². The Hall–Kier alpha value is -5.15. The Balaban J connectivity index is 1.48. The van der Waals surface area contributed by atoms with Crippen molar-refractivity contribution in [3.8, 4) is 5.75 Å². The van der Waals surface area contributed by atoms with Crippen LogP contribution in [0, 0.1) is 6.92 Å². The lowest BCUT2D eigenvalue weighted by atomic mass is 10.1. The van der Waals surface area contributed by atoms with Gasteiger partial charge < -0.3 is 19.5 Å². The predicted molar refractivity (Wildman–Crippen MR) is 174 cm³/mol. The number of anilines is 2. The molecule has 15 heteroatoms. The molecule has 2 amide bonds. The summed E-state index contributed by atoms with van der Waals surface area (Å²) in [5.41, 5.74) is 2.17. The number of Topliss-reactive ketones (excluding diaryl/α,β-unsaturated/α-hetero) is 1. The SMILES string of the molecule is CCOc1ccc(N2C(=O)C(CC(=O)Nc3ccc(C(C)=O)cc3)N(Cc3/c(=N/S(=O)(=O)c4ccc(C)cc4)o[n-][n+]3C)C2=S)cc1. The lowest BCUT2D eigenvalue weighted by Crippen LogP contribution is -2.45. The number of thiocarbonyl (C=S) groups is 1. The lowest BCUT2D eigenvalue weighted by Gasteiger charge is -2.22. The molecule has 0 spiro atoms. The topological polar surface area (TPSA) is 157 Å². The molecule has 0 aliphatic carbocycles. The first-order valence-corrected chi connectivity index (χ1v) is 16.4. The van der Waals surface area contributed by atoms with Gasteiger partial charge in [0.05, 0.1) is 23.6 Å². The number of carbonyl (C=O) groups excluding carboxylic acids is 3. The second-order valence-electron chi connectivity index (χ2n) is 10.7. The first-order valence-electron chi connectivity index (χ1n) is 14.6. The van der Waals surface area contributed by atoms with Crippen molar-refractivity contribution in [3.05, 3.63) is 95.2 Å². The molecule has 2 heterocycles. The highest BCUT2D eigenvalue weighted by atomic mass is 32.2. The van der Waals surface area contributed by atoms with E-state index in [1.807, 2.05) is 13.8 Å². The Kier molecular flexibility index (Phi) is 9.67. The number of hydrogen-bond acceptors (Lipinski definition) is 8. The van der Waals surface area contributed by atoms with Crippen LogP contribution < -0.4 is 30.5 Å². The van der Waals surface area contributed by atoms with Gasteiger partial charge in [0, 0.05) is 11.3 Å². The van der Waals surface area contributed by atoms with E-state index in [2.05, 4.69) is 15.0 Å². The van der Waals surface area contributed by atoms with Gasteiger partial charge in [-0.2, -0.15) is 8.42 Å². The fraction of sp³-hybridized carbons (Fsp3) is 0.250. The number of nitrogens with zero attached hydrogens (tertiary/aromatic N) is 5. The lowest BCUT2D eigenvalue weighted by molar-refractivity contribution is -0.752. The van der Waals surface area contributed by atoms with Crippen LogP contribution in [0.5, 0.6) is 5.75 Å². The largest absolute Gasteiger partial charge is 0.494 e. The number of rotatable bonds is 11. The Morgan fingerprint density at radius 1 is 1.06 bits per heavy atom. The minimum absolute atomic E-state index is 0.0347. The van der Waals surface area contributed by atoms with Crippen molar-refractivity contribution in [2.24, 2.45) is 11.4 Å². The molecular weight excluding hydrogens is 645 g/mol. The van der Waals surface area contributed by atoms with E-state index in [1.165, 1.54) is 40.6 Å². The third kappa shape index (κ3) is 7.31. The summed E-state index contributed by atoms with van der Waals surface area (Å²) in [5.74, 6) is -0.458. The molecule has 1 aliphatic rings. The molecule has 0 saturated carbocycles. The quantitative estimate of drug-likeness (QED) is 0.142. The van der Waals surface area contributed by atoms with E-state index >= 15 is 0 Å². The van der Waals surface area contributed by atoms with Gasteiger partial charge in [-0.1, -0.05) is 17.7 Å². The summed E-state index contributed by atoms with van der Waals surface area (Å²) < 4.78 is 42.3. The molecule has 0 radical (unpaired) electrons. The molecule has 3 aromatic carbocycles. The number of aromatic nitrogens is 2. The molecule has 1 unspecified atom stereocenters. The third-order valence-corrected chi connectivity index (χ3v) is 9.10. The van der Waals surface area contributed by atoms with Crippen LogP contribution in [0.15, 0.2) is 86.6 Å². The van der Waals surface area contributed by atoms with Crippen LogP contribution in [0.25, 0.3) is 0 Å². The molecule has 1 atom stereocenters. The number of hydrogen-bond donors (Lipinski definition) is 1. The van der Waals surface area contributed by atoms with E-state index in [-0.39, 0.29) is 40.0 Å². The van der Waals surface area contributed by atoms with Gasteiger partial charge in [-0.25, -0.2) is 4.68 Å². The smallest absolute Gasteiger partial charge is 0.289 e. The summed E-state index contributed by atoms with van der Waals surface area (Å²) in [5, 5.41) is 6.70. The second-order valence-corrected chi connectivity index (χ2v) is 12.7. The van der Waals surface area contributed by atoms with E-state index in [1.54, 1.807) is 60.7 Å². The van der Waals surface area contributed by atoms with Gasteiger partial charge in [-0.15, -0.1) is 4.40 Å². The van der Waals surface area contributed by atoms with Crippen molar-refractivity contribution in [1.29, 1.82) is 0 Å². The van der Waals surface area contributed by atoms with Crippen LogP contribution in [0.2, 0.25) is 0 Å². The number of carbonyl (C=O) groups is 3. The van der Waals surface area contributed by atoms with E-state index in [0.29, 0.717) is 29.3 Å². The average Bonchev–Trinajstić information content (AvgIpc) is 3.48. The van der Waals surface area contributed by atoms with Crippen LogP contribution in [0.3, 0.4) is 0 Å². The highest BCUT2D eigenvalue weighted by Crippen LogP contribution is 2.30. The molecular formula is C32H32N6O7S2. The molecule has 1 saturated heterocycles. The van der Waals surface area contributed by atoms with Crippen LogP contribution in [-0.2, 0) is 33.2 Å². The van der Waals surface area contributed by atoms with Crippen LogP contribution in [-0.4, -0.2) is 48.7 Å². The number of benzene rings is 3.